The van der Waals surface area contributed by atoms with E-state index in [1.807, 2.05) is 6.07 Å². The summed E-state index contributed by atoms with van der Waals surface area (Å²) >= 11 is 0. The lowest BCUT2D eigenvalue weighted by Crippen LogP contribution is -1.93. The molecule has 0 amide bonds. The number of aryl methyl sites for hydroxylation is 2. The third-order valence-electron chi connectivity index (χ3n) is 2.52. The fraction of sp³-hybridized carbons (Fsp3) is 0.250. The highest BCUT2D eigenvalue weighted by Gasteiger charge is 2.06. The van der Waals surface area contributed by atoms with E-state index in [0.717, 1.165) is 5.56 Å². The molecule has 0 aliphatic heterocycles. The summed E-state index contributed by atoms with van der Waals surface area (Å²) in [6.45, 7) is 4.13. The predicted molar refractivity (Wildman–Crippen MR) is 58.4 cm³/mol. The fourth-order valence-corrected chi connectivity index (χ4v) is 1.48. The van der Waals surface area contributed by atoms with E-state index in [0.29, 0.717) is 18.5 Å². The first-order chi connectivity index (χ1) is 7.69. The molecule has 0 spiro atoms. The summed E-state index contributed by atoms with van der Waals surface area (Å²) in [5.41, 5.74) is 3.60. The molecular weight excluding hydrogens is 204 g/mol. The SMILES string of the molecule is Cc1ccc(Cc2noc(C=O)n2)cc1C. The van der Waals surface area contributed by atoms with Crippen molar-refractivity contribution < 1.29 is 9.32 Å². The molecule has 82 valence electrons. The van der Waals surface area contributed by atoms with Crippen LogP contribution < -0.4 is 0 Å². The molecular formula is C12H12N2O2. The van der Waals surface area contributed by atoms with Crippen LogP contribution in [0, 0.1) is 13.8 Å². The molecule has 0 aliphatic rings. The van der Waals surface area contributed by atoms with Crippen molar-refractivity contribution in [3.8, 4) is 0 Å². The molecule has 0 saturated heterocycles. The van der Waals surface area contributed by atoms with Gasteiger partial charge in [0.2, 0.25) is 6.29 Å². The zero-order valence-electron chi connectivity index (χ0n) is 9.23. The van der Waals surface area contributed by atoms with Crippen LogP contribution >= 0.6 is 0 Å². The predicted octanol–water partition coefficient (Wildman–Crippen LogP) is 2.09. The lowest BCUT2D eigenvalue weighted by atomic mass is 10.0. The van der Waals surface area contributed by atoms with E-state index in [2.05, 4.69) is 36.1 Å². The molecule has 4 heteroatoms. The van der Waals surface area contributed by atoms with Gasteiger partial charge in [-0.25, -0.2) is 0 Å². The highest BCUT2D eigenvalue weighted by atomic mass is 16.5. The Morgan fingerprint density at radius 1 is 1.31 bits per heavy atom. The van der Waals surface area contributed by atoms with Crippen molar-refractivity contribution in [1.82, 2.24) is 10.1 Å². The minimum Gasteiger partial charge on any atom is -0.331 e. The first-order valence-corrected chi connectivity index (χ1v) is 5.03. The molecule has 0 unspecified atom stereocenters. The van der Waals surface area contributed by atoms with Crippen molar-refractivity contribution in [2.75, 3.05) is 0 Å². The molecule has 1 aromatic carbocycles. The fourth-order valence-electron chi connectivity index (χ4n) is 1.48. The second-order valence-electron chi connectivity index (χ2n) is 3.76. The van der Waals surface area contributed by atoms with Crippen LogP contribution in [-0.4, -0.2) is 16.4 Å². The molecule has 0 atom stereocenters. The standard InChI is InChI=1S/C12H12N2O2/c1-8-3-4-10(5-9(8)2)6-11-13-12(7-15)16-14-11/h3-5,7H,6H2,1-2H3. The van der Waals surface area contributed by atoms with Gasteiger partial charge in [-0.1, -0.05) is 23.4 Å². The molecule has 2 aromatic rings. The van der Waals surface area contributed by atoms with Crippen molar-refractivity contribution in [3.05, 3.63) is 46.6 Å². The number of carbonyl (C=O) groups excluding carboxylic acids is 1. The number of rotatable bonds is 3. The van der Waals surface area contributed by atoms with E-state index in [1.54, 1.807) is 0 Å². The molecule has 0 saturated carbocycles. The molecule has 2 rings (SSSR count). The Labute approximate surface area is 93.3 Å². The Morgan fingerprint density at radius 2 is 2.12 bits per heavy atom. The highest BCUT2D eigenvalue weighted by molar-refractivity contribution is 5.66. The largest absolute Gasteiger partial charge is 0.331 e. The summed E-state index contributed by atoms with van der Waals surface area (Å²) in [5, 5.41) is 3.72. The number of hydrogen-bond acceptors (Lipinski definition) is 4. The summed E-state index contributed by atoms with van der Waals surface area (Å²) in [5.74, 6) is 0.559. The minimum absolute atomic E-state index is 0.0267. The van der Waals surface area contributed by atoms with Gasteiger partial charge >= 0.3 is 0 Å². The summed E-state index contributed by atoms with van der Waals surface area (Å²) < 4.78 is 4.71. The Bertz CT molecular complexity index is 517. The van der Waals surface area contributed by atoms with Gasteiger partial charge in [0.05, 0.1) is 0 Å². The maximum absolute atomic E-state index is 10.4. The van der Waals surface area contributed by atoms with E-state index < -0.39 is 0 Å². The second kappa shape index (κ2) is 4.26. The van der Waals surface area contributed by atoms with Crippen LogP contribution in [0.1, 0.15) is 33.2 Å². The maximum atomic E-state index is 10.4. The van der Waals surface area contributed by atoms with Crippen LogP contribution in [0.3, 0.4) is 0 Å². The number of aldehydes is 1. The van der Waals surface area contributed by atoms with Crippen molar-refractivity contribution in [1.29, 1.82) is 0 Å². The lowest BCUT2D eigenvalue weighted by Gasteiger charge is -2.02. The molecule has 1 heterocycles. The van der Waals surface area contributed by atoms with E-state index in [-0.39, 0.29) is 5.89 Å². The van der Waals surface area contributed by atoms with Gasteiger partial charge in [-0.3, -0.25) is 4.79 Å². The molecule has 4 nitrogen and oxygen atoms in total. The van der Waals surface area contributed by atoms with Crippen LogP contribution in [0.5, 0.6) is 0 Å². The van der Waals surface area contributed by atoms with Crippen LogP contribution in [0.15, 0.2) is 22.7 Å². The first-order valence-electron chi connectivity index (χ1n) is 5.03. The van der Waals surface area contributed by atoms with Gasteiger partial charge in [-0.2, -0.15) is 4.98 Å². The molecule has 0 aliphatic carbocycles. The maximum Gasteiger partial charge on any atom is 0.290 e. The van der Waals surface area contributed by atoms with Gasteiger partial charge in [0, 0.05) is 6.42 Å². The van der Waals surface area contributed by atoms with Crippen molar-refractivity contribution in [2.45, 2.75) is 20.3 Å². The quantitative estimate of drug-likeness (QED) is 0.737. The van der Waals surface area contributed by atoms with Gasteiger partial charge in [0.25, 0.3) is 5.89 Å². The normalized spacial score (nSPS) is 10.4. The lowest BCUT2D eigenvalue weighted by molar-refractivity contribution is 0.108. The Hall–Kier alpha value is -1.97. The van der Waals surface area contributed by atoms with Crippen molar-refractivity contribution in [3.63, 3.8) is 0 Å². The van der Waals surface area contributed by atoms with Crippen LogP contribution in [0.2, 0.25) is 0 Å². The van der Waals surface area contributed by atoms with E-state index in [4.69, 9.17) is 4.52 Å². The first kappa shape index (κ1) is 10.5. The summed E-state index contributed by atoms with van der Waals surface area (Å²) in [7, 11) is 0. The molecule has 1 aromatic heterocycles. The molecule has 16 heavy (non-hydrogen) atoms. The summed E-state index contributed by atoms with van der Waals surface area (Å²) in [6.07, 6.45) is 1.13. The summed E-state index contributed by atoms with van der Waals surface area (Å²) in [4.78, 5) is 14.3. The zero-order chi connectivity index (χ0) is 11.5. The van der Waals surface area contributed by atoms with Gasteiger partial charge < -0.3 is 4.52 Å². The average molecular weight is 216 g/mol. The van der Waals surface area contributed by atoms with Gasteiger partial charge in [-0.05, 0) is 30.5 Å². The highest BCUT2D eigenvalue weighted by Crippen LogP contribution is 2.12. The van der Waals surface area contributed by atoms with E-state index in [9.17, 15) is 4.79 Å². The molecule has 0 fully saturated rings. The topological polar surface area (TPSA) is 56.0 Å². The Balaban J connectivity index is 2.20. The zero-order valence-corrected chi connectivity index (χ0v) is 9.23. The Kier molecular flexibility index (Phi) is 2.81. The monoisotopic (exact) mass is 216 g/mol. The van der Waals surface area contributed by atoms with E-state index in [1.165, 1.54) is 11.1 Å². The van der Waals surface area contributed by atoms with Crippen LogP contribution in [-0.2, 0) is 6.42 Å². The van der Waals surface area contributed by atoms with E-state index >= 15 is 0 Å². The molecule has 0 bridgehead atoms. The van der Waals surface area contributed by atoms with Crippen molar-refractivity contribution >= 4 is 6.29 Å². The van der Waals surface area contributed by atoms with Crippen LogP contribution in [0.4, 0.5) is 0 Å². The molecule has 0 radical (unpaired) electrons. The van der Waals surface area contributed by atoms with Crippen LogP contribution in [0.25, 0.3) is 0 Å². The van der Waals surface area contributed by atoms with Crippen molar-refractivity contribution in [2.24, 2.45) is 0 Å². The third kappa shape index (κ3) is 2.16. The number of benzene rings is 1. The average Bonchev–Trinajstić information content (AvgIpc) is 2.71. The number of hydrogen-bond donors (Lipinski definition) is 0. The summed E-state index contributed by atoms with van der Waals surface area (Å²) in [6, 6.07) is 6.18. The Morgan fingerprint density at radius 3 is 2.75 bits per heavy atom. The number of carbonyl (C=O) groups is 1. The minimum atomic E-state index is 0.0267. The van der Waals surface area contributed by atoms with Gasteiger partial charge in [0.1, 0.15) is 0 Å². The van der Waals surface area contributed by atoms with Gasteiger partial charge in [0.15, 0.2) is 5.82 Å². The second-order valence-corrected chi connectivity index (χ2v) is 3.76. The number of nitrogens with zero attached hydrogens (tertiary/aromatic N) is 2. The molecule has 0 N–H and O–H groups in total. The number of aromatic nitrogens is 2. The smallest absolute Gasteiger partial charge is 0.290 e. The van der Waals surface area contributed by atoms with Gasteiger partial charge in [-0.15, -0.1) is 0 Å². The third-order valence-corrected chi connectivity index (χ3v) is 2.52.